The summed E-state index contributed by atoms with van der Waals surface area (Å²) in [6.07, 6.45) is 2.39. The van der Waals surface area contributed by atoms with Gasteiger partial charge in [0.2, 0.25) is 5.91 Å². The lowest BCUT2D eigenvalue weighted by molar-refractivity contribution is -0.122. The largest absolute Gasteiger partial charge is 0.494 e. The van der Waals surface area contributed by atoms with Crippen LogP contribution in [0.4, 0.5) is 0 Å². The van der Waals surface area contributed by atoms with Crippen LogP contribution < -0.4 is 21.1 Å². The highest BCUT2D eigenvalue weighted by molar-refractivity contribution is 5.98. The molecule has 0 saturated heterocycles. The molecule has 8 nitrogen and oxygen atoms in total. The summed E-state index contributed by atoms with van der Waals surface area (Å²) >= 11 is 0. The number of aryl methyl sites for hydroxylation is 1. The molecule has 30 heavy (non-hydrogen) atoms. The van der Waals surface area contributed by atoms with Crippen LogP contribution in [-0.4, -0.2) is 28.0 Å². The minimum Gasteiger partial charge on any atom is -0.494 e. The Kier molecular flexibility index (Phi) is 5.74. The predicted octanol–water partition coefficient (Wildman–Crippen LogP) is 1.96. The lowest BCUT2D eigenvalue weighted by Gasteiger charge is -2.09. The third kappa shape index (κ3) is 4.32. The van der Waals surface area contributed by atoms with Gasteiger partial charge in [0.15, 0.2) is 0 Å². The standard InChI is InChI=1S/C22H22N4O4/c27-20(9-5-13-30-16-6-2-1-3-7-16)24-25-21(28)15-10-11-17-18(14-15)23-19-8-4-12-26(19)22(17)29/h1-3,6-7,10-11,14H,4-5,8-9,12-13H2,(H,24,27)(H,25,28). The van der Waals surface area contributed by atoms with E-state index < -0.39 is 5.91 Å². The zero-order valence-corrected chi connectivity index (χ0v) is 16.4. The number of amides is 2. The first kappa shape index (κ1) is 19.6. The van der Waals surface area contributed by atoms with E-state index in [-0.39, 0.29) is 17.9 Å². The van der Waals surface area contributed by atoms with Crippen molar-refractivity contribution < 1.29 is 14.3 Å². The minimum atomic E-state index is -0.465. The van der Waals surface area contributed by atoms with Crippen molar-refractivity contribution in [3.05, 3.63) is 70.3 Å². The molecule has 1 aliphatic rings. The number of fused-ring (bicyclic) bond motifs is 2. The highest BCUT2D eigenvalue weighted by Crippen LogP contribution is 2.16. The number of nitrogens with one attached hydrogen (secondary N) is 2. The zero-order valence-electron chi connectivity index (χ0n) is 16.4. The van der Waals surface area contributed by atoms with Crippen LogP contribution in [0.1, 0.15) is 35.4 Å². The van der Waals surface area contributed by atoms with Crippen LogP contribution in [0.5, 0.6) is 5.75 Å². The number of hydrogen-bond acceptors (Lipinski definition) is 5. The van der Waals surface area contributed by atoms with Gasteiger partial charge in [-0.3, -0.25) is 29.8 Å². The number of nitrogens with zero attached hydrogens (tertiary/aromatic N) is 2. The van der Waals surface area contributed by atoms with E-state index >= 15 is 0 Å². The molecule has 154 valence electrons. The highest BCUT2D eigenvalue weighted by Gasteiger charge is 2.17. The summed E-state index contributed by atoms with van der Waals surface area (Å²) in [5.41, 5.74) is 5.54. The molecule has 0 atom stereocenters. The Balaban J connectivity index is 1.29. The van der Waals surface area contributed by atoms with Crippen molar-refractivity contribution in [1.29, 1.82) is 0 Å². The van der Waals surface area contributed by atoms with Crippen LogP contribution in [0.15, 0.2) is 53.3 Å². The molecule has 0 spiro atoms. The van der Waals surface area contributed by atoms with Gasteiger partial charge >= 0.3 is 0 Å². The van der Waals surface area contributed by atoms with Gasteiger partial charge in [-0.1, -0.05) is 18.2 Å². The Hall–Kier alpha value is -3.68. The van der Waals surface area contributed by atoms with Gasteiger partial charge < -0.3 is 4.74 Å². The van der Waals surface area contributed by atoms with Crippen molar-refractivity contribution in [2.45, 2.75) is 32.2 Å². The molecule has 1 aliphatic heterocycles. The molecule has 0 radical (unpaired) electrons. The number of rotatable bonds is 6. The van der Waals surface area contributed by atoms with Crippen molar-refractivity contribution in [3.8, 4) is 5.75 Å². The summed E-state index contributed by atoms with van der Waals surface area (Å²) in [4.78, 5) is 41.3. The van der Waals surface area contributed by atoms with Crippen molar-refractivity contribution >= 4 is 22.7 Å². The van der Waals surface area contributed by atoms with Crippen molar-refractivity contribution in [1.82, 2.24) is 20.4 Å². The second-order valence-electron chi connectivity index (χ2n) is 7.09. The number of carbonyl (C=O) groups excluding carboxylic acids is 2. The molecule has 2 N–H and O–H groups in total. The fourth-order valence-electron chi connectivity index (χ4n) is 3.43. The molecule has 0 bridgehead atoms. The summed E-state index contributed by atoms with van der Waals surface area (Å²) in [7, 11) is 0. The third-order valence-electron chi connectivity index (χ3n) is 4.95. The number of carbonyl (C=O) groups is 2. The van der Waals surface area contributed by atoms with Crippen LogP contribution in [0.3, 0.4) is 0 Å². The highest BCUT2D eigenvalue weighted by atomic mass is 16.5. The van der Waals surface area contributed by atoms with Gasteiger partial charge in [0.05, 0.1) is 17.5 Å². The van der Waals surface area contributed by atoms with E-state index in [1.807, 2.05) is 30.3 Å². The average Bonchev–Trinajstić information content (AvgIpc) is 3.24. The quantitative estimate of drug-likeness (QED) is 0.481. The fourth-order valence-corrected chi connectivity index (χ4v) is 3.43. The molecule has 0 aliphatic carbocycles. The fraction of sp³-hybridized carbons (Fsp3) is 0.273. The topological polar surface area (TPSA) is 102 Å². The molecular formula is C22H22N4O4. The second-order valence-corrected chi connectivity index (χ2v) is 7.09. The summed E-state index contributed by atoms with van der Waals surface area (Å²) < 4.78 is 7.22. The maximum atomic E-state index is 12.5. The van der Waals surface area contributed by atoms with Gasteiger partial charge in [-0.25, -0.2) is 4.98 Å². The van der Waals surface area contributed by atoms with Crippen LogP contribution >= 0.6 is 0 Å². The number of para-hydroxylation sites is 1. The predicted molar refractivity (Wildman–Crippen MR) is 111 cm³/mol. The molecule has 2 heterocycles. The van der Waals surface area contributed by atoms with E-state index in [9.17, 15) is 14.4 Å². The Morgan fingerprint density at radius 2 is 1.93 bits per heavy atom. The zero-order chi connectivity index (χ0) is 20.9. The molecule has 2 aromatic carbocycles. The Morgan fingerprint density at radius 3 is 2.77 bits per heavy atom. The average molecular weight is 406 g/mol. The monoisotopic (exact) mass is 406 g/mol. The molecule has 0 saturated carbocycles. The SMILES string of the molecule is O=C(CCCOc1ccccc1)NNC(=O)c1ccc2c(=O)n3c(nc2c1)CCC3. The Morgan fingerprint density at radius 1 is 1.10 bits per heavy atom. The number of hydrogen-bond donors (Lipinski definition) is 2. The van der Waals surface area contributed by atoms with E-state index in [0.29, 0.717) is 36.0 Å². The normalized spacial score (nSPS) is 12.4. The van der Waals surface area contributed by atoms with Gasteiger partial charge in [-0.2, -0.15) is 0 Å². The van der Waals surface area contributed by atoms with Gasteiger partial charge in [0.25, 0.3) is 11.5 Å². The van der Waals surface area contributed by atoms with Gasteiger partial charge in [0, 0.05) is 24.9 Å². The smallest absolute Gasteiger partial charge is 0.269 e. The summed E-state index contributed by atoms with van der Waals surface area (Å²) in [5, 5.41) is 0.486. The van der Waals surface area contributed by atoms with E-state index in [4.69, 9.17) is 4.74 Å². The third-order valence-corrected chi connectivity index (χ3v) is 4.95. The molecule has 3 aromatic rings. The van der Waals surface area contributed by atoms with E-state index in [1.165, 1.54) is 0 Å². The molecule has 0 unspecified atom stereocenters. The summed E-state index contributed by atoms with van der Waals surface area (Å²) in [5.74, 6) is 0.723. The number of benzene rings is 2. The first-order valence-corrected chi connectivity index (χ1v) is 9.92. The van der Waals surface area contributed by atoms with Crippen LogP contribution in [0, 0.1) is 0 Å². The summed E-state index contributed by atoms with van der Waals surface area (Å²) in [6.45, 7) is 1.09. The van der Waals surface area contributed by atoms with Crippen LogP contribution in [-0.2, 0) is 17.8 Å². The van der Waals surface area contributed by atoms with Crippen molar-refractivity contribution in [3.63, 3.8) is 0 Å². The van der Waals surface area contributed by atoms with Gasteiger partial charge in [0.1, 0.15) is 11.6 Å². The molecule has 8 heteroatoms. The number of ether oxygens (including phenoxy) is 1. The lowest BCUT2D eigenvalue weighted by atomic mass is 10.1. The molecule has 1 aromatic heterocycles. The second kappa shape index (κ2) is 8.77. The van der Waals surface area contributed by atoms with E-state index in [2.05, 4.69) is 15.8 Å². The first-order chi connectivity index (χ1) is 14.6. The molecule has 0 fully saturated rings. The minimum absolute atomic E-state index is 0.0783. The molecule has 2 amide bonds. The maximum Gasteiger partial charge on any atom is 0.269 e. The van der Waals surface area contributed by atoms with Gasteiger partial charge in [-0.05, 0) is 43.2 Å². The Bertz CT molecular complexity index is 1140. The number of hydrazine groups is 1. The van der Waals surface area contributed by atoms with Crippen LogP contribution in [0.2, 0.25) is 0 Å². The van der Waals surface area contributed by atoms with Crippen molar-refractivity contribution in [2.24, 2.45) is 0 Å². The molecule has 4 rings (SSSR count). The van der Waals surface area contributed by atoms with Gasteiger partial charge in [-0.15, -0.1) is 0 Å². The number of aromatic nitrogens is 2. The summed E-state index contributed by atoms with van der Waals surface area (Å²) in [6, 6.07) is 14.1. The first-order valence-electron chi connectivity index (χ1n) is 9.92. The lowest BCUT2D eigenvalue weighted by Crippen LogP contribution is -2.41. The van der Waals surface area contributed by atoms with Crippen LogP contribution in [0.25, 0.3) is 10.9 Å². The Labute approximate surface area is 172 Å². The maximum absolute atomic E-state index is 12.5. The van der Waals surface area contributed by atoms with E-state index in [1.54, 1.807) is 22.8 Å². The van der Waals surface area contributed by atoms with E-state index in [0.717, 1.165) is 24.4 Å². The van der Waals surface area contributed by atoms with Crippen molar-refractivity contribution in [2.75, 3.05) is 6.61 Å². The molecular weight excluding hydrogens is 384 g/mol.